The minimum atomic E-state index is 1.02. The molecule has 0 bridgehead atoms. The molecule has 76 valence electrons. The molecule has 0 amide bonds. The minimum Gasteiger partial charge on any atom is -0.377 e. The first-order valence-electron chi connectivity index (χ1n) is 5.31. The van der Waals surface area contributed by atoms with Crippen LogP contribution in [0.5, 0.6) is 0 Å². The smallest absolute Gasteiger partial charge is 0.0914 e. The van der Waals surface area contributed by atoms with E-state index in [-0.39, 0.29) is 0 Å². The molecule has 1 aliphatic rings. The van der Waals surface area contributed by atoms with Gasteiger partial charge in [0.1, 0.15) is 0 Å². The predicted octanol–water partition coefficient (Wildman–Crippen LogP) is 2.85. The van der Waals surface area contributed by atoms with Crippen molar-refractivity contribution in [1.29, 1.82) is 5.26 Å². The fourth-order valence-corrected chi connectivity index (χ4v) is 1.62. The van der Waals surface area contributed by atoms with Crippen LogP contribution in [0.2, 0.25) is 0 Å². The molecule has 1 rings (SSSR count). The normalized spacial score (nSPS) is 19.4. The van der Waals surface area contributed by atoms with Crippen molar-refractivity contribution in [2.24, 2.45) is 0 Å². The summed E-state index contributed by atoms with van der Waals surface area (Å²) >= 11 is 0. The monoisotopic (exact) mass is 190 g/mol. The lowest BCUT2D eigenvalue weighted by Gasteiger charge is -2.16. The molecule has 0 aliphatic carbocycles. The first kappa shape index (κ1) is 10.8. The van der Waals surface area contributed by atoms with Crippen molar-refractivity contribution in [3.63, 3.8) is 0 Å². The van der Waals surface area contributed by atoms with Crippen LogP contribution in [0.4, 0.5) is 0 Å². The van der Waals surface area contributed by atoms with Gasteiger partial charge in [-0.2, -0.15) is 5.26 Å². The number of nitriles is 1. The zero-order chi connectivity index (χ0) is 10.2. The minimum absolute atomic E-state index is 1.02. The summed E-state index contributed by atoms with van der Waals surface area (Å²) in [6.45, 7) is 4.28. The average molecular weight is 190 g/mol. The SMILES string of the molecule is CC(/C=C/N1CCCCCC1)=C\C#N. The summed E-state index contributed by atoms with van der Waals surface area (Å²) in [5, 5.41) is 8.44. The van der Waals surface area contributed by atoms with Crippen LogP contribution in [0, 0.1) is 11.3 Å². The summed E-state index contributed by atoms with van der Waals surface area (Å²) in [5.74, 6) is 0. The zero-order valence-corrected chi connectivity index (χ0v) is 8.87. The lowest BCUT2D eigenvalue weighted by atomic mass is 10.2. The molecule has 14 heavy (non-hydrogen) atoms. The van der Waals surface area contributed by atoms with Crippen LogP contribution in [-0.2, 0) is 0 Å². The molecule has 0 aromatic rings. The van der Waals surface area contributed by atoms with Gasteiger partial charge >= 0.3 is 0 Å². The van der Waals surface area contributed by atoms with E-state index in [4.69, 9.17) is 5.26 Å². The molecule has 1 heterocycles. The Labute approximate surface area is 86.5 Å². The number of hydrogen-bond acceptors (Lipinski definition) is 2. The Morgan fingerprint density at radius 1 is 1.21 bits per heavy atom. The van der Waals surface area contributed by atoms with Crippen LogP contribution in [0.25, 0.3) is 0 Å². The summed E-state index contributed by atoms with van der Waals surface area (Å²) in [5.41, 5.74) is 1.02. The largest absolute Gasteiger partial charge is 0.377 e. The van der Waals surface area contributed by atoms with Crippen molar-refractivity contribution in [2.75, 3.05) is 13.1 Å². The highest BCUT2D eigenvalue weighted by atomic mass is 15.1. The van der Waals surface area contributed by atoms with E-state index in [1.807, 2.05) is 19.1 Å². The van der Waals surface area contributed by atoms with Gasteiger partial charge in [0.2, 0.25) is 0 Å². The van der Waals surface area contributed by atoms with Gasteiger partial charge in [-0.15, -0.1) is 0 Å². The maximum atomic E-state index is 8.44. The highest BCUT2D eigenvalue weighted by molar-refractivity contribution is 5.22. The van der Waals surface area contributed by atoms with E-state index in [0.717, 1.165) is 18.7 Å². The van der Waals surface area contributed by atoms with E-state index >= 15 is 0 Å². The van der Waals surface area contributed by atoms with Crippen molar-refractivity contribution in [3.05, 3.63) is 23.9 Å². The fourth-order valence-electron chi connectivity index (χ4n) is 1.62. The summed E-state index contributed by atoms with van der Waals surface area (Å²) in [4.78, 5) is 2.35. The predicted molar refractivity (Wildman–Crippen MR) is 58.6 cm³/mol. The van der Waals surface area contributed by atoms with Gasteiger partial charge in [-0.05, 0) is 37.6 Å². The number of likely N-dealkylation sites (tertiary alicyclic amines) is 1. The summed E-state index contributed by atoms with van der Waals surface area (Å²) in [6, 6.07) is 2.04. The van der Waals surface area contributed by atoms with E-state index in [2.05, 4.69) is 11.1 Å². The van der Waals surface area contributed by atoms with Crippen LogP contribution in [-0.4, -0.2) is 18.0 Å². The Balaban J connectivity index is 2.42. The fraction of sp³-hybridized carbons (Fsp3) is 0.583. The highest BCUT2D eigenvalue weighted by Crippen LogP contribution is 2.10. The molecule has 2 heteroatoms. The third-order valence-corrected chi connectivity index (χ3v) is 2.48. The molecule has 0 N–H and O–H groups in total. The molecule has 0 saturated carbocycles. The molecule has 0 unspecified atom stereocenters. The number of hydrogen-bond donors (Lipinski definition) is 0. The number of nitrogens with zero attached hydrogens (tertiary/aromatic N) is 2. The second-order valence-corrected chi connectivity index (χ2v) is 3.78. The van der Waals surface area contributed by atoms with E-state index in [1.165, 1.54) is 25.7 Å². The molecular weight excluding hydrogens is 172 g/mol. The molecule has 0 radical (unpaired) electrons. The van der Waals surface area contributed by atoms with E-state index in [1.54, 1.807) is 6.08 Å². The zero-order valence-electron chi connectivity index (χ0n) is 8.87. The Bertz CT molecular complexity index is 250. The first-order valence-corrected chi connectivity index (χ1v) is 5.31. The Morgan fingerprint density at radius 2 is 1.86 bits per heavy atom. The molecule has 0 atom stereocenters. The maximum absolute atomic E-state index is 8.44. The Kier molecular flexibility index (Phi) is 4.85. The highest BCUT2D eigenvalue weighted by Gasteiger charge is 2.03. The lowest BCUT2D eigenvalue weighted by Crippen LogP contribution is -2.17. The second kappa shape index (κ2) is 6.26. The molecule has 1 aliphatic heterocycles. The summed E-state index contributed by atoms with van der Waals surface area (Å²) in [6.07, 6.45) is 11.0. The van der Waals surface area contributed by atoms with Crippen molar-refractivity contribution >= 4 is 0 Å². The van der Waals surface area contributed by atoms with Crippen LogP contribution >= 0.6 is 0 Å². The Hall–Kier alpha value is -1.23. The summed E-state index contributed by atoms with van der Waals surface area (Å²) in [7, 11) is 0. The molecule has 0 aromatic heterocycles. The molecule has 1 saturated heterocycles. The molecule has 0 aromatic carbocycles. The van der Waals surface area contributed by atoms with Gasteiger partial charge < -0.3 is 4.90 Å². The average Bonchev–Trinajstić information content (AvgIpc) is 2.43. The van der Waals surface area contributed by atoms with E-state index in [9.17, 15) is 0 Å². The van der Waals surface area contributed by atoms with Crippen molar-refractivity contribution in [1.82, 2.24) is 4.90 Å². The molecular formula is C12H18N2. The third kappa shape index (κ3) is 4.13. The quantitative estimate of drug-likeness (QED) is 0.494. The third-order valence-electron chi connectivity index (χ3n) is 2.48. The van der Waals surface area contributed by atoms with Gasteiger partial charge in [0.25, 0.3) is 0 Å². The second-order valence-electron chi connectivity index (χ2n) is 3.78. The summed E-state index contributed by atoms with van der Waals surface area (Å²) < 4.78 is 0. The van der Waals surface area contributed by atoms with Crippen LogP contribution in [0.3, 0.4) is 0 Å². The van der Waals surface area contributed by atoms with Gasteiger partial charge in [-0.25, -0.2) is 0 Å². The van der Waals surface area contributed by atoms with Crippen LogP contribution in [0.1, 0.15) is 32.6 Å². The van der Waals surface area contributed by atoms with E-state index in [0.29, 0.717) is 0 Å². The van der Waals surface area contributed by atoms with Crippen LogP contribution < -0.4 is 0 Å². The van der Waals surface area contributed by atoms with E-state index < -0.39 is 0 Å². The van der Waals surface area contributed by atoms with Crippen molar-refractivity contribution in [3.8, 4) is 6.07 Å². The molecule has 1 fully saturated rings. The number of allylic oxidation sites excluding steroid dienone is 3. The Morgan fingerprint density at radius 3 is 2.43 bits per heavy atom. The standard InChI is InChI=1S/C12H18N2/c1-12(6-8-13)7-11-14-9-4-2-3-5-10-14/h6-7,11H,2-5,9-10H2,1H3/b11-7+,12-6+. The molecule has 0 spiro atoms. The van der Waals surface area contributed by atoms with Crippen molar-refractivity contribution in [2.45, 2.75) is 32.6 Å². The van der Waals surface area contributed by atoms with Gasteiger partial charge in [0.15, 0.2) is 0 Å². The van der Waals surface area contributed by atoms with Gasteiger partial charge in [0.05, 0.1) is 6.07 Å². The van der Waals surface area contributed by atoms with Gasteiger partial charge in [0, 0.05) is 19.2 Å². The maximum Gasteiger partial charge on any atom is 0.0914 e. The van der Waals surface area contributed by atoms with Crippen molar-refractivity contribution < 1.29 is 0 Å². The van der Waals surface area contributed by atoms with Gasteiger partial charge in [-0.1, -0.05) is 12.8 Å². The topological polar surface area (TPSA) is 27.0 Å². The molecule has 2 nitrogen and oxygen atoms in total. The lowest BCUT2D eigenvalue weighted by molar-refractivity contribution is 0.391. The first-order chi connectivity index (χ1) is 6.83. The van der Waals surface area contributed by atoms with Gasteiger partial charge in [-0.3, -0.25) is 0 Å². The van der Waals surface area contributed by atoms with Crippen LogP contribution in [0.15, 0.2) is 23.9 Å². The number of rotatable bonds is 2.